The predicted molar refractivity (Wildman–Crippen MR) is 137 cm³/mol. The van der Waals surface area contributed by atoms with Crippen molar-refractivity contribution in [2.45, 2.75) is 32.7 Å². The standard InChI is InChI=1S/C27H29N3O3S/c1-19-25(30-27(31)23-10-8-21(9-11-23)7-6-20-4-5-20)13-12-24-16-22(18-29-26(19)24)17-28-14-3-15-34(2,32)33/h8-13,16,18,20,28H,3-5,14-15,17H2,1-2H3,(H,30,31). The second-order valence-electron chi connectivity index (χ2n) is 8.89. The number of benzene rings is 2. The van der Waals surface area contributed by atoms with Gasteiger partial charge in [-0.15, -0.1) is 0 Å². The fraction of sp³-hybridized carbons (Fsp3) is 0.333. The highest BCUT2D eigenvalue weighted by molar-refractivity contribution is 7.90. The van der Waals surface area contributed by atoms with Gasteiger partial charge in [0.05, 0.1) is 11.3 Å². The minimum Gasteiger partial charge on any atom is -0.322 e. The molecule has 0 aliphatic heterocycles. The highest BCUT2D eigenvalue weighted by Gasteiger charge is 2.17. The third-order valence-corrected chi connectivity index (χ3v) is 6.78. The summed E-state index contributed by atoms with van der Waals surface area (Å²) in [6, 6.07) is 13.3. The molecule has 4 rings (SSSR count). The van der Waals surface area contributed by atoms with E-state index in [9.17, 15) is 13.2 Å². The first kappa shape index (κ1) is 23.9. The van der Waals surface area contributed by atoms with Gasteiger partial charge < -0.3 is 10.6 Å². The van der Waals surface area contributed by atoms with Crippen molar-refractivity contribution in [3.63, 3.8) is 0 Å². The molecule has 1 saturated carbocycles. The number of carbonyl (C=O) groups is 1. The molecule has 3 aromatic rings. The predicted octanol–water partition coefficient (Wildman–Crippen LogP) is 4.08. The summed E-state index contributed by atoms with van der Waals surface area (Å²) in [7, 11) is -2.93. The maximum Gasteiger partial charge on any atom is 0.255 e. The molecule has 1 aliphatic carbocycles. The van der Waals surface area contributed by atoms with Crippen LogP contribution in [0.4, 0.5) is 5.69 Å². The summed E-state index contributed by atoms with van der Waals surface area (Å²) in [5.74, 6) is 6.95. The molecule has 0 spiro atoms. The number of rotatable bonds is 8. The summed E-state index contributed by atoms with van der Waals surface area (Å²) < 4.78 is 22.4. The molecule has 34 heavy (non-hydrogen) atoms. The Bertz CT molecular complexity index is 1370. The van der Waals surface area contributed by atoms with Crippen LogP contribution in [-0.4, -0.2) is 37.9 Å². The molecule has 2 aromatic carbocycles. The third kappa shape index (κ3) is 6.66. The Balaban J connectivity index is 1.38. The molecule has 1 aromatic heterocycles. The molecule has 0 saturated heterocycles. The Hall–Kier alpha value is -3.21. The Morgan fingerprint density at radius 2 is 1.91 bits per heavy atom. The largest absolute Gasteiger partial charge is 0.322 e. The number of fused-ring (bicyclic) bond motifs is 1. The Morgan fingerprint density at radius 3 is 2.62 bits per heavy atom. The van der Waals surface area contributed by atoms with E-state index in [1.54, 1.807) is 12.1 Å². The van der Waals surface area contributed by atoms with Crippen LogP contribution in [0.15, 0.2) is 48.7 Å². The van der Waals surface area contributed by atoms with Crippen molar-refractivity contribution in [3.05, 3.63) is 70.9 Å². The molecule has 1 amide bonds. The van der Waals surface area contributed by atoms with E-state index in [-0.39, 0.29) is 11.7 Å². The maximum atomic E-state index is 12.8. The summed E-state index contributed by atoms with van der Waals surface area (Å²) >= 11 is 0. The molecule has 1 heterocycles. The number of hydrogen-bond acceptors (Lipinski definition) is 5. The first-order valence-corrected chi connectivity index (χ1v) is 13.5. The van der Waals surface area contributed by atoms with Crippen molar-refractivity contribution in [2.75, 3.05) is 23.9 Å². The number of carbonyl (C=O) groups excluding carboxylic acids is 1. The van der Waals surface area contributed by atoms with Gasteiger partial charge >= 0.3 is 0 Å². The summed E-state index contributed by atoms with van der Waals surface area (Å²) in [6.45, 7) is 3.19. The minimum absolute atomic E-state index is 0.168. The first-order chi connectivity index (χ1) is 16.3. The zero-order valence-corrected chi connectivity index (χ0v) is 20.3. The molecule has 1 aliphatic rings. The zero-order valence-electron chi connectivity index (χ0n) is 19.5. The van der Waals surface area contributed by atoms with Crippen LogP contribution in [0.25, 0.3) is 10.9 Å². The molecule has 0 radical (unpaired) electrons. The molecule has 1 fully saturated rings. The van der Waals surface area contributed by atoms with E-state index in [0.29, 0.717) is 31.0 Å². The SMILES string of the molecule is Cc1c(NC(=O)c2ccc(C#CC3CC3)cc2)ccc2cc(CNCCCS(C)(=O)=O)cnc12. The maximum absolute atomic E-state index is 12.8. The lowest BCUT2D eigenvalue weighted by Crippen LogP contribution is -2.18. The summed E-state index contributed by atoms with van der Waals surface area (Å²) in [5, 5.41) is 7.25. The third-order valence-electron chi connectivity index (χ3n) is 5.75. The van der Waals surface area contributed by atoms with Gasteiger partial charge in [0.25, 0.3) is 5.91 Å². The number of hydrogen-bond donors (Lipinski definition) is 2. The van der Waals surface area contributed by atoms with Crippen molar-refractivity contribution in [2.24, 2.45) is 5.92 Å². The average molecular weight is 476 g/mol. The summed E-state index contributed by atoms with van der Waals surface area (Å²) in [6.07, 6.45) is 6.03. The summed E-state index contributed by atoms with van der Waals surface area (Å²) in [4.78, 5) is 17.4. The molecular formula is C27H29N3O3S. The molecule has 0 unspecified atom stereocenters. The topological polar surface area (TPSA) is 88.2 Å². The van der Waals surface area contributed by atoms with Gasteiger partial charge in [-0.2, -0.15) is 0 Å². The first-order valence-electron chi connectivity index (χ1n) is 11.5. The second kappa shape index (κ2) is 10.4. The smallest absolute Gasteiger partial charge is 0.255 e. The normalized spacial score (nSPS) is 13.4. The van der Waals surface area contributed by atoms with E-state index in [1.807, 2.05) is 37.4 Å². The number of pyridine rings is 1. The van der Waals surface area contributed by atoms with Crippen LogP contribution in [0.1, 0.15) is 46.3 Å². The van der Waals surface area contributed by atoms with E-state index < -0.39 is 9.84 Å². The van der Waals surface area contributed by atoms with Crippen LogP contribution >= 0.6 is 0 Å². The van der Waals surface area contributed by atoms with Crippen molar-refractivity contribution < 1.29 is 13.2 Å². The summed E-state index contributed by atoms with van der Waals surface area (Å²) in [5.41, 5.74) is 5.01. The van der Waals surface area contributed by atoms with Gasteiger partial charge in [0.2, 0.25) is 0 Å². The van der Waals surface area contributed by atoms with E-state index >= 15 is 0 Å². The van der Waals surface area contributed by atoms with Crippen molar-refractivity contribution >= 4 is 32.3 Å². The number of aryl methyl sites for hydroxylation is 1. The molecular weight excluding hydrogens is 446 g/mol. The van der Waals surface area contributed by atoms with E-state index in [2.05, 4.69) is 33.5 Å². The van der Waals surface area contributed by atoms with Gasteiger partial charge in [-0.25, -0.2) is 8.42 Å². The zero-order chi connectivity index (χ0) is 24.1. The van der Waals surface area contributed by atoms with E-state index in [1.165, 1.54) is 19.1 Å². The lowest BCUT2D eigenvalue weighted by molar-refractivity contribution is 0.102. The number of nitrogens with one attached hydrogen (secondary N) is 2. The van der Waals surface area contributed by atoms with Crippen molar-refractivity contribution in [3.8, 4) is 11.8 Å². The lowest BCUT2D eigenvalue weighted by Gasteiger charge is -2.12. The fourth-order valence-electron chi connectivity index (χ4n) is 3.63. The van der Waals surface area contributed by atoms with Gasteiger partial charge in [0.1, 0.15) is 9.84 Å². The van der Waals surface area contributed by atoms with Crippen LogP contribution < -0.4 is 10.6 Å². The van der Waals surface area contributed by atoms with Crippen molar-refractivity contribution in [1.29, 1.82) is 0 Å². The van der Waals surface area contributed by atoms with E-state index in [4.69, 9.17) is 0 Å². The van der Waals surface area contributed by atoms with Gasteiger partial charge in [0.15, 0.2) is 0 Å². The van der Waals surface area contributed by atoms with Crippen LogP contribution in [0.5, 0.6) is 0 Å². The Kier molecular flexibility index (Phi) is 7.30. The number of aromatic nitrogens is 1. The number of sulfone groups is 1. The Morgan fingerprint density at radius 1 is 1.15 bits per heavy atom. The lowest BCUT2D eigenvalue weighted by atomic mass is 10.1. The second-order valence-corrected chi connectivity index (χ2v) is 11.1. The van der Waals surface area contributed by atoms with Gasteiger partial charge in [-0.3, -0.25) is 9.78 Å². The number of nitrogens with zero attached hydrogens (tertiary/aromatic N) is 1. The number of amides is 1. The van der Waals surface area contributed by atoms with Gasteiger partial charge in [0, 0.05) is 47.1 Å². The molecule has 7 heteroatoms. The van der Waals surface area contributed by atoms with Crippen LogP contribution in [-0.2, 0) is 16.4 Å². The molecule has 176 valence electrons. The van der Waals surface area contributed by atoms with Crippen LogP contribution in [0, 0.1) is 24.7 Å². The molecule has 6 nitrogen and oxygen atoms in total. The molecule has 2 N–H and O–H groups in total. The monoisotopic (exact) mass is 475 g/mol. The quantitative estimate of drug-likeness (QED) is 0.379. The minimum atomic E-state index is -2.93. The van der Waals surface area contributed by atoms with Crippen LogP contribution in [0.2, 0.25) is 0 Å². The van der Waals surface area contributed by atoms with Gasteiger partial charge in [-0.1, -0.05) is 17.9 Å². The highest BCUT2D eigenvalue weighted by Crippen LogP contribution is 2.28. The van der Waals surface area contributed by atoms with E-state index in [0.717, 1.165) is 33.3 Å². The fourth-order valence-corrected chi connectivity index (χ4v) is 4.30. The molecule has 0 bridgehead atoms. The van der Waals surface area contributed by atoms with Crippen molar-refractivity contribution in [1.82, 2.24) is 10.3 Å². The molecule has 0 atom stereocenters. The van der Waals surface area contributed by atoms with Gasteiger partial charge in [-0.05, 0) is 80.3 Å². The number of anilines is 1. The Labute approximate surface area is 201 Å². The van der Waals surface area contributed by atoms with Crippen LogP contribution in [0.3, 0.4) is 0 Å². The average Bonchev–Trinajstić information content (AvgIpc) is 3.63. The highest BCUT2D eigenvalue weighted by atomic mass is 32.2.